The summed E-state index contributed by atoms with van der Waals surface area (Å²) in [6, 6.07) is 63.4. The van der Waals surface area contributed by atoms with Gasteiger partial charge in [0, 0.05) is 55.0 Å². The van der Waals surface area contributed by atoms with E-state index in [-0.39, 0.29) is 0 Å². The molecule has 0 aliphatic carbocycles. The first kappa shape index (κ1) is 32.4. The monoisotopic (exact) mass is 743 g/mol. The number of aryl methyl sites for hydroxylation is 1. The average molecular weight is 744 g/mol. The zero-order valence-corrected chi connectivity index (χ0v) is 31.5. The molecule has 8 aromatic carbocycles. The zero-order chi connectivity index (χ0) is 38.3. The van der Waals surface area contributed by atoms with Gasteiger partial charge in [-0.05, 0) is 61.0 Å². The van der Waals surface area contributed by atoms with Gasteiger partial charge in [0.05, 0.1) is 27.5 Å². The van der Waals surface area contributed by atoms with Crippen LogP contribution in [0.1, 0.15) is 5.56 Å². The molecular weight excluding hydrogens is 711 g/mol. The molecule has 0 saturated heterocycles. The molecule has 0 bridgehead atoms. The molecule has 0 N–H and O–H groups in total. The lowest BCUT2D eigenvalue weighted by Gasteiger charge is -2.14. The predicted octanol–water partition coefficient (Wildman–Crippen LogP) is 13.3. The molecule has 4 aromatic heterocycles. The number of furan rings is 1. The first-order valence-electron chi connectivity index (χ1n) is 19.5. The third-order valence-corrected chi connectivity index (χ3v) is 11.5. The van der Waals surface area contributed by atoms with Crippen molar-refractivity contribution in [2.45, 2.75) is 6.92 Å². The summed E-state index contributed by atoms with van der Waals surface area (Å²) in [5.74, 6) is 1.91. The Kier molecular flexibility index (Phi) is 7.04. The van der Waals surface area contributed by atoms with Crippen LogP contribution < -0.4 is 0 Å². The van der Waals surface area contributed by atoms with E-state index in [1.165, 1.54) is 21.5 Å². The Balaban J connectivity index is 1.17. The molecule has 6 heteroatoms. The minimum Gasteiger partial charge on any atom is -0.454 e. The van der Waals surface area contributed by atoms with Crippen molar-refractivity contribution in [3.05, 3.63) is 188 Å². The van der Waals surface area contributed by atoms with E-state index in [2.05, 4.69) is 137 Å². The number of benzene rings is 8. The molecule has 0 aliphatic heterocycles. The van der Waals surface area contributed by atoms with Crippen LogP contribution in [0.4, 0.5) is 0 Å². The van der Waals surface area contributed by atoms with Crippen molar-refractivity contribution in [2.75, 3.05) is 0 Å². The zero-order valence-electron chi connectivity index (χ0n) is 31.5. The molecule has 58 heavy (non-hydrogen) atoms. The van der Waals surface area contributed by atoms with Gasteiger partial charge in [0.1, 0.15) is 5.58 Å². The van der Waals surface area contributed by atoms with Gasteiger partial charge in [0.2, 0.25) is 0 Å². The molecule has 12 aromatic rings. The number of fused-ring (bicyclic) bond motifs is 12. The largest absolute Gasteiger partial charge is 0.454 e. The summed E-state index contributed by atoms with van der Waals surface area (Å²) in [5, 5.41) is 6.94. The van der Waals surface area contributed by atoms with Crippen molar-refractivity contribution in [1.82, 2.24) is 24.1 Å². The normalized spacial score (nSPS) is 11.9. The third kappa shape index (κ3) is 4.75. The molecule has 6 nitrogen and oxygen atoms in total. The fourth-order valence-electron chi connectivity index (χ4n) is 8.97. The van der Waals surface area contributed by atoms with Gasteiger partial charge in [0.25, 0.3) is 0 Å². The second-order valence-corrected chi connectivity index (χ2v) is 14.8. The molecule has 0 radical (unpaired) electrons. The molecule has 0 spiro atoms. The highest BCUT2D eigenvalue weighted by molar-refractivity contribution is 6.39. The SMILES string of the molecule is Cc1cc(-n2c3ccccc3c3c4c5ccccc5n(-c5ccccc5)c4c4c5ccccc5oc4c32)ccc1-c1nc(-c2ccccc2)nc(-c2ccccc2)n1. The van der Waals surface area contributed by atoms with E-state index in [9.17, 15) is 0 Å². The van der Waals surface area contributed by atoms with Crippen LogP contribution in [0, 0.1) is 6.92 Å². The molecule has 4 heterocycles. The summed E-state index contributed by atoms with van der Waals surface area (Å²) < 4.78 is 11.8. The van der Waals surface area contributed by atoms with Crippen molar-refractivity contribution < 1.29 is 4.42 Å². The van der Waals surface area contributed by atoms with Gasteiger partial charge < -0.3 is 13.6 Å². The number of hydrogen-bond donors (Lipinski definition) is 0. The number of para-hydroxylation sites is 4. The molecule has 0 aliphatic rings. The molecule has 0 unspecified atom stereocenters. The van der Waals surface area contributed by atoms with Crippen LogP contribution in [0.25, 0.3) is 111 Å². The maximum atomic E-state index is 7.03. The fraction of sp³-hybridized carbons (Fsp3) is 0.0192. The topological polar surface area (TPSA) is 61.7 Å². The fourth-order valence-corrected chi connectivity index (χ4v) is 8.97. The highest BCUT2D eigenvalue weighted by atomic mass is 16.3. The van der Waals surface area contributed by atoms with Crippen LogP contribution in [-0.2, 0) is 0 Å². The maximum Gasteiger partial charge on any atom is 0.164 e. The second kappa shape index (κ2) is 12.6. The van der Waals surface area contributed by atoms with Crippen LogP contribution in [0.3, 0.4) is 0 Å². The quantitative estimate of drug-likeness (QED) is 0.176. The summed E-state index contributed by atoms with van der Waals surface area (Å²) in [5.41, 5.74) is 12.2. The average Bonchev–Trinajstić information content (AvgIpc) is 3.95. The Bertz CT molecular complexity index is 3510. The Morgan fingerprint density at radius 3 is 1.53 bits per heavy atom. The first-order chi connectivity index (χ1) is 28.7. The minimum atomic E-state index is 0.633. The highest BCUT2D eigenvalue weighted by Gasteiger charge is 2.28. The number of hydrogen-bond acceptors (Lipinski definition) is 4. The van der Waals surface area contributed by atoms with E-state index in [1.54, 1.807) is 0 Å². The van der Waals surface area contributed by atoms with E-state index < -0.39 is 0 Å². The Labute approximate surface area is 332 Å². The van der Waals surface area contributed by atoms with Gasteiger partial charge in [0.15, 0.2) is 23.1 Å². The van der Waals surface area contributed by atoms with Crippen LogP contribution in [0.15, 0.2) is 186 Å². The first-order valence-corrected chi connectivity index (χ1v) is 19.5. The van der Waals surface area contributed by atoms with Crippen LogP contribution in [-0.4, -0.2) is 24.1 Å². The Morgan fingerprint density at radius 2 is 0.914 bits per heavy atom. The molecular formula is C52H33N5O. The van der Waals surface area contributed by atoms with E-state index in [0.29, 0.717) is 17.5 Å². The maximum absolute atomic E-state index is 7.03. The Morgan fingerprint density at radius 1 is 0.414 bits per heavy atom. The van der Waals surface area contributed by atoms with Gasteiger partial charge in [-0.3, -0.25) is 0 Å². The van der Waals surface area contributed by atoms with E-state index in [0.717, 1.165) is 77.6 Å². The lowest BCUT2D eigenvalue weighted by Crippen LogP contribution is -2.02. The summed E-state index contributed by atoms with van der Waals surface area (Å²) in [4.78, 5) is 15.1. The third-order valence-electron chi connectivity index (χ3n) is 11.5. The van der Waals surface area contributed by atoms with Gasteiger partial charge >= 0.3 is 0 Å². The number of nitrogens with zero attached hydrogens (tertiary/aromatic N) is 5. The van der Waals surface area contributed by atoms with Crippen molar-refractivity contribution >= 4 is 65.6 Å². The molecule has 0 amide bonds. The molecule has 0 saturated carbocycles. The van der Waals surface area contributed by atoms with Gasteiger partial charge in [-0.25, -0.2) is 15.0 Å². The van der Waals surface area contributed by atoms with Gasteiger partial charge in [-0.15, -0.1) is 0 Å². The lowest BCUT2D eigenvalue weighted by atomic mass is 10.0. The van der Waals surface area contributed by atoms with Gasteiger partial charge in [-0.2, -0.15) is 0 Å². The lowest BCUT2D eigenvalue weighted by molar-refractivity contribution is 0.671. The second-order valence-electron chi connectivity index (χ2n) is 14.8. The number of rotatable bonds is 5. The molecule has 272 valence electrons. The van der Waals surface area contributed by atoms with Crippen molar-refractivity contribution in [1.29, 1.82) is 0 Å². The van der Waals surface area contributed by atoms with Crippen LogP contribution in [0.5, 0.6) is 0 Å². The molecule has 0 fully saturated rings. The van der Waals surface area contributed by atoms with E-state index in [4.69, 9.17) is 19.4 Å². The summed E-state index contributed by atoms with van der Waals surface area (Å²) in [6.07, 6.45) is 0. The predicted molar refractivity (Wildman–Crippen MR) is 237 cm³/mol. The summed E-state index contributed by atoms with van der Waals surface area (Å²) in [6.45, 7) is 2.14. The van der Waals surface area contributed by atoms with Crippen molar-refractivity contribution in [2.24, 2.45) is 0 Å². The van der Waals surface area contributed by atoms with Crippen molar-refractivity contribution in [3.63, 3.8) is 0 Å². The summed E-state index contributed by atoms with van der Waals surface area (Å²) in [7, 11) is 0. The number of aromatic nitrogens is 5. The van der Waals surface area contributed by atoms with Crippen LogP contribution in [0.2, 0.25) is 0 Å². The minimum absolute atomic E-state index is 0.633. The van der Waals surface area contributed by atoms with Crippen LogP contribution >= 0.6 is 0 Å². The Hall–Kier alpha value is -7.83. The van der Waals surface area contributed by atoms with Gasteiger partial charge in [-0.1, -0.05) is 133 Å². The smallest absolute Gasteiger partial charge is 0.164 e. The van der Waals surface area contributed by atoms with E-state index >= 15 is 0 Å². The van der Waals surface area contributed by atoms with Crippen molar-refractivity contribution in [3.8, 4) is 45.5 Å². The van der Waals surface area contributed by atoms with E-state index in [1.807, 2.05) is 60.7 Å². The molecule has 12 rings (SSSR count). The summed E-state index contributed by atoms with van der Waals surface area (Å²) >= 11 is 0. The highest BCUT2D eigenvalue weighted by Crippen LogP contribution is 2.49. The molecule has 0 atom stereocenters. The standard InChI is InChI=1S/C52H33N5O/c1-32-31-36(29-30-37(32)52-54-50(33-17-5-2-6-18-33)53-51(55-52)34-19-7-3-8-20-34)57-42-27-15-12-24-39(42)45-44-38-23-11-14-26-41(38)56(35-21-9-4-10-22-35)47(44)46-40-25-13-16-28-43(40)58-49(46)48(45)57/h2-31H,1H3.